The lowest BCUT2D eigenvalue weighted by Crippen LogP contribution is -2.49. The van der Waals surface area contributed by atoms with Gasteiger partial charge in [0.1, 0.15) is 5.69 Å². The van der Waals surface area contributed by atoms with Crippen molar-refractivity contribution in [3.05, 3.63) is 58.7 Å². The number of anilines is 1. The van der Waals surface area contributed by atoms with Crippen molar-refractivity contribution in [2.24, 2.45) is 0 Å². The van der Waals surface area contributed by atoms with Gasteiger partial charge in [0.2, 0.25) is 5.91 Å². The molecular formula is C23H28N6O5. The quantitative estimate of drug-likeness (QED) is 0.424. The van der Waals surface area contributed by atoms with Crippen molar-refractivity contribution in [1.82, 2.24) is 19.8 Å². The summed E-state index contributed by atoms with van der Waals surface area (Å²) in [5.41, 5.74) is 1.21. The third kappa shape index (κ3) is 5.84. The Kier molecular flexibility index (Phi) is 7.63. The van der Waals surface area contributed by atoms with Crippen molar-refractivity contribution in [1.29, 1.82) is 0 Å². The molecule has 0 saturated carbocycles. The maximum absolute atomic E-state index is 13.0. The zero-order valence-corrected chi connectivity index (χ0v) is 18.9. The highest BCUT2D eigenvalue weighted by Crippen LogP contribution is 2.21. The van der Waals surface area contributed by atoms with Gasteiger partial charge in [0.15, 0.2) is 0 Å². The summed E-state index contributed by atoms with van der Waals surface area (Å²) in [7, 11) is 0. The number of carbonyl (C=O) groups excluding carboxylic acids is 2. The van der Waals surface area contributed by atoms with E-state index in [0.29, 0.717) is 39.3 Å². The van der Waals surface area contributed by atoms with E-state index in [-0.39, 0.29) is 42.3 Å². The van der Waals surface area contributed by atoms with E-state index in [1.807, 2.05) is 0 Å². The smallest absolute Gasteiger partial charge is 0.274 e. The molecule has 1 unspecified atom stereocenters. The molecule has 180 valence electrons. The Morgan fingerprint density at radius 1 is 1.15 bits per heavy atom. The summed E-state index contributed by atoms with van der Waals surface area (Å²) in [4.78, 5) is 49.9. The second-order valence-corrected chi connectivity index (χ2v) is 8.37. The molecule has 0 spiro atoms. The molecule has 2 aliphatic rings. The Morgan fingerprint density at radius 2 is 1.91 bits per heavy atom. The summed E-state index contributed by atoms with van der Waals surface area (Å²) in [6, 6.07) is 6.45. The molecule has 0 aliphatic carbocycles. The maximum atomic E-state index is 13.0. The average molecular weight is 469 g/mol. The molecule has 2 aliphatic heterocycles. The number of piperazine rings is 1. The predicted molar refractivity (Wildman–Crippen MR) is 123 cm³/mol. The van der Waals surface area contributed by atoms with Gasteiger partial charge in [-0.15, -0.1) is 0 Å². The van der Waals surface area contributed by atoms with E-state index < -0.39 is 4.92 Å². The number of nitrogens with zero attached hydrogens (tertiary/aromatic N) is 6. The zero-order valence-electron chi connectivity index (χ0n) is 18.9. The number of ether oxygens (including phenoxy) is 1. The highest BCUT2D eigenvalue weighted by Gasteiger charge is 2.27. The fourth-order valence-corrected chi connectivity index (χ4v) is 4.27. The van der Waals surface area contributed by atoms with Crippen molar-refractivity contribution in [2.45, 2.75) is 25.4 Å². The third-order valence-electron chi connectivity index (χ3n) is 6.17. The molecule has 11 nitrogen and oxygen atoms in total. The molecular weight excluding hydrogens is 440 g/mol. The molecule has 1 aromatic heterocycles. The summed E-state index contributed by atoms with van der Waals surface area (Å²) in [5, 5.41) is 10.8. The minimum atomic E-state index is -0.419. The first-order valence-corrected chi connectivity index (χ1v) is 11.5. The van der Waals surface area contributed by atoms with Crippen LogP contribution >= 0.6 is 0 Å². The van der Waals surface area contributed by atoms with E-state index >= 15 is 0 Å². The molecule has 1 atom stereocenters. The largest absolute Gasteiger partial charge is 0.376 e. The normalized spacial score (nSPS) is 18.1. The summed E-state index contributed by atoms with van der Waals surface area (Å²) in [6.07, 6.45) is 6.48. The number of hydrogen-bond acceptors (Lipinski definition) is 8. The lowest BCUT2D eigenvalue weighted by molar-refractivity contribution is -0.384. The minimum Gasteiger partial charge on any atom is -0.376 e. The van der Waals surface area contributed by atoms with E-state index in [1.165, 1.54) is 30.7 Å². The molecule has 2 aromatic rings. The van der Waals surface area contributed by atoms with Gasteiger partial charge >= 0.3 is 0 Å². The molecule has 11 heteroatoms. The van der Waals surface area contributed by atoms with Crippen LogP contribution < -0.4 is 4.90 Å². The monoisotopic (exact) mass is 468 g/mol. The molecule has 34 heavy (non-hydrogen) atoms. The lowest BCUT2D eigenvalue weighted by atomic mass is 10.2. The van der Waals surface area contributed by atoms with Crippen LogP contribution in [0.15, 0.2) is 42.9 Å². The van der Waals surface area contributed by atoms with E-state index in [1.54, 1.807) is 21.9 Å². The highest BCUT2D eigenvalue weighted by atomic mass is 16.6. The maximum Gasteiger partial charge on any atom is 0.274 e. The first-order valence-electron chi connectivity index (χ1n) is 11.5. The Balaban J connectivity index is 1.31. The Hall–Kier alpha value is -3.60. The summed E-state index contributed by atoms with van der Waals surface area (Å²) in [6.45, 7) is 3.80. The fraction of sp³-hybridized carbons (Fsp3) is 0.478. The second kappa shape index (κ2) is 11.0. The Bertz CT molecular complexity index is 989. The van der Waals surface area contributed by atoms with Crippen molar-refractivity contribution in [3.8, 4) is 0 Å². The molecule has 2 amide bonds. The van der Waals surface area contributed by atoms with E-state index in [2.05, 4.69) is 14.9 Å². The SMILES string of the molecule is O=C(CCN(CC1CCCO1)C(=O)c1cnccn1)N1CCN(c2ccc([N+](=O)[O-])cc2)CC1. The van der Waals surface area contributed by atoms with Crippen LogP contribution in [0.4, 0.5) is 11.4 Å². The van der Waals surface area contributed by atoms with Crippen LogP contribution in [0, 0.1) is 10.1 Å². The van der Waals surface area contributed by atoms with Crippen LogP contribution in [0.5, 0.6) is 0 Å². The zero-order chi connectivity index (χ0) is 23.9. The molecule has 3 heterocycles. The van der Waals surface area contributed by atoms with Crippen molar-refractivity contribution in [2.75, 3.05) is 50.8 Å². The van der Waals surface area contributed by atoms with Gasteiger partial charge in [-0.25, -0.2) is 4.98 Å². The van der Waals surface area contributed by atoms with Gasteiger partial charge in [-0.05, 0) is 25.0 Å². The highest BCUT2D eigenvalue weighted by molar-refractivity contribution is 5.92. The average Bonchev–Trinajstić information content (AvgIpc) is 3.40. The second-order valence-electron chi connectivity index (χ2n) is 8.37. The van der Waals surface area contributed by atoms with E-state index in [9.17, 15) is 19.7 Å². The van der Waals surface area contributed by atoms with Crippen LogP contribution in [0.3, 0.4) is 0 Å². The number of nitro groups is 1. The van der Waals surface area contributed by atoms with Crippen LogP contribution in [0.1, 0.15) is 29.8 Å². The van der Waals surface area contributed by atoms with Crippen LogP contribution in [-0.2, 0) is 9.53 Å². The van der Waals surface area contributed by atoms with Gasteiger partial charge in [0.05, 0.1) is 17.2 Å². The van der Waals surface area contributed by atoms with E-state index in [0.717, 1.165) is 18.5 Å². The molecule has 2 fully saturated rings. The predicted octanol–water partition coefficient (Wildman–Crippen LogP) is 1.74. The van der Waals surface area contributed by atoms with Gasteiger partial charge in [0.25, 0.3) is 11.6 Å². The standard InChI is InChI=1S/C23H28N6O5/c30-22(27-13-11-26(12-14-27)18-3-5-19(6-4-18)29(32)33)7-10-28(17-20-2-1-15-34-20)23(31)21-16-24-8-9-25-21/h3-6,8-9,16,20H,1-2,7,10-15,17H2. The summed E-state index contributed by atoms with van der Waals surface area (Å²) < 4.78 is 5.70. The van der Waals surface area contributed by atoms with Gasteiger partial charge < -0.3 is 19.4 Å². The topological polar surface area (TPSA) is 122 Å². The number of hydrogen-bond donors (Lipinski definition) is 0. The number of nitro benzene ring substituents is 1. The summed E-state index contributed by atoms with van der Waals surface area (Å²) in [5.74, 6) is -0.257. The van der Waals surface area contributed by atoms with E-state index in [4.69, 9.17) is 4.74 Å². The van der Waals surface area contributed by atoms with Gasteiger partial charge in [-0.1, -0.05) is 0 Å². The van der Waals surface area contributed by atoms with Gasteiger partial charge in [-0.2, -0.15) is 0 Å². The van der Waals surface area contributed by atoms with Gasteiger partial charge in [-0.3, -0.25) is 24.7 Å². The molecule has 0 radical (unpaired) electrons. The molecule has 1 aromatic carbocycles. The van der Waals surface area contributed by atoms with Crippen molar-refractivity contribution < 1.29 is 19.2 Å². The first kappa shape index (κ1) is 23.6. The Labute approximate surface area is 197 Å². The van der Waals surface area contributed by atoms with Crippen molar-refractivity contribution in [3.63, 3.8) is 0 Å². The van der Waals surface area contributed by atoms with Gasteiger partial charge in [0, 0.05) is 82.5 Å². The number of benzene rings is 1. The molecule has 0 bridgehead atoms. The summed E-state index contributed by atoms with van der Waals surface area (Å²) >= 11 is 0. The molecule has 0 N–H and O–H groups in total. The van der Waals surface area contributed by atoms with Crippen molar-refractivity contribution >= 4 is 23.2 Å². The number of aromatic nitrogens is 2. The lowest BCUT2D eigenvalue weighted by Gasteiger charge is -2.36. The van der Waals surface area contributed by atoms with Crippen LogP contribution in [0.25, 0.3) is 0 Å². The van der Waals surface area contributed by atoms with Crippen LogP contribution in [-0.4, -0.2) is 88.5 Å². The number of non-ortho nitro benzene ring substituents is 1. The molecule has 2 saturated heterocycles. The first-order chi connectivity index (χ1) is 16.5. The third-order valence-corrected chi connectivity index (χ3v) is 6.17. The Morgan fingerprint density at radius 3 is 2.53 bits per heavy atom. The van der Waals surface area contributed by atoms with Crippen LogP contribution in [0.2, 0.25) is 0 Å². The number of carbonyl (C=O) groups is 2. The fourth-order valence-electron chi connectivity index (χ4n) is 4.27. The minimum absolute atomic E-state index is 0.00682. The number of rotatable bonds is 8. The molecule has 4 rings (SSSR count). The number of amides is 2.